The second kappa shape index (κ2) is 13.4. The second-order valence-electron chi connectivity index (χ2n) is 12.1. The summed E-state index contributed by atoms with van der Waals surface area (Å²) in [5.41, 5.74) is 1.14. The molecule has 6 aromatic rings. The lowest BCUT2D eigenvalue weighted by atomic mass is 10.00. The molecular formula is C36H28F4N2O7S2. The van der Waals surface area contributed by atoms with Crippen LogP contribution in [-0.2, 0) is 38.2 Å². The Bertz CT molecular complexity index is 2640. The van der Waals surface area contributed by atoms with E-state index in [1.54, 1.807) is 19.3 Å². The summed E-state index contributed by atoms with van der Waals surface area (Å²) in [6.45, 7) is 0. The number of aromatic nitrogens is 2. The number of sulfone groups is 2. The van der Waals surface area contributed by atoms with Crippen LogP contribution >= 0.6 is 0 Å². The van der Waals surface area contributed by atoms with Gasteiger partial charge in [0, 0.05) is 60.0 Å². The van der Waals surface area contributed by atoms with Gasteiger partial charge >= 0.3 is 0 Å². The molecule has 0 unspecified atom stereocenters. The van der Waals surface area contributed by atoms with E-state index in [1.165, 1.54) is 41.0 Å². The largest absolute Gasteiger partial charge is 0.454 e. The van der Waals surface area contributed by atoms with Gasteiger partial charge in [-0.1, -0.05) is 12.1 Å². The summed E-state index contributed by atoms with van der Waals surface area (Å²) in [4.78, 5) is 16.5. The molecule has 9 nitrogen and oxygen atoms in total. The fourth-order valence-electron chi connectivity index (χ4n) is 5.69. The Morgan fingerprint density at radius 3 is 1.59 bits per heavy atom. The molecule has 0 saturated carbocycles. The molecule has 0 atom stereocenters. The van der Waals surface area contributed by atoms with Crippen molar-refractivity contribution in [3.63, 3.8) is 0 Å². The average molecular weight is 741 g/mol. The molecule has 2 heterocycles. The Balaban J connectivity index is 1.57. The van der Waals surface area contributed by atoms with Crippen molar-refractivity contribution < 1.29 is 43.9 Å². The lowest BCUT2D eigenvalue weighted by Crippen LogP contribution is -2.10. The molecule has 0 radical (unpaired) electrons. The van der Waals surface area contributed by atoms with Gasteiger partial charge in [0.15, 0.2) is 42.8 Å². The number of nitrogens with one attached hydrogen (secondary N) is 1. The van der Waals surface area contributed by atoms with Gasteiger partial charge in [-0.15, -0.1) is 0 Å². The lowest BCUT2D eigenvalue weighted by Gasteiger charge is -2.15. The van der Waals surface area contributed by atoms with Crippen LogP contribution in [0.15, 0.2) is 89.9 Å². The fourth-order valence-corrected chi connectivity index (χ4v) is 7.26. The van der Waals surface area contributed by atoms with Crippen molar-refractivity contribution in [3.8, 4) is 45.4 Å². The van der Waals surface area contributed by atoms with Crippen LogP contribution < -0.4 is 15.0 Å². The maximum Gasteiger partial charge on any atom is 0.272 e. The van der Waals surface area contributed by atoms with Gasteiger partial charge in [0.25, 0.3) is 5.56 Å². The molecule has 0 amide bonds. The first-order valence-electron chi connectivity index (χ1n) is 15.0. The standard InChI is InChI=1S/C36H28F4N2O7S2/c1-42-17-27(24-12-20(18-50(2,44)45)4-8-31(24)48-33-10-6-22(37)14-28(33)39)25-16-30(41-36(43)35(25)42)26-13-21(19-51(3,46)47)5-9-32(26)49-34-11-7-23(38)15-29(34)40/h4-17H,18-19H2,1-3H3,(H,41,43). The topological polar surface area (TPSA) is 125 Å². The third-order valence-corrected chi connectivity index (χ3v) is 9.44. The molecule has 0 saturated heterocycles. The Hall–Kier alpha value is -5.41. The van der Waals surface area contributed by atoms with Crippen molar-refractivity contribution in [1.29, 1.82) is 0 Å². The Morgan fingerprint density at radius 1 is 0.627 bits per heavy atom. The highest BCUT2D eigenvalue weighted by Gasteiger charge is 2.22. The van der Waals surface area contributed by atoms with Crippen molar-refractivity contribution in [2.24, 2.45) is 7.05 Å². The number of hydrogen-bond acceptors (Lipinski definition) is 7. The van der Waals surface area contributed by atoms with Crippen LogP contribution in [0.4, 0.5) is 17.6 Å². The molecule has 0 fully saturated rings. The summed E-state index contributed by atoms with van der Waals surface area (Å²) >= 11 is 0. The van der Waals surface area contributed by atoms with Gasteiger partial charge in [-0.25, -0.2) is 34.4 Å². The molecule has 6 rings (SSSR count). The minimum Gasteiger partial charge on any atom is -0.454 e. The summed E-state index contributed by atoms with van der Waals surface area (Å²) in [6.07, 6.45) is 3.69. The van der Waals surface area contributed by atoms with E-state index in [1.807, 2.05) is 0 Å². The van der Waals surface area contributed by atoms with E-state index >= 15 is 0 Å². The van der Waals surface area contributed by atoms with Crippen molar-refractivity contribution in [2.45, 2.75) is 11.5 Å². The van der Waals surface area contributed by atoms with Crippen LogP contribution in [0, 0.1) is 23.3 Å². The molecule has 51 heavy (non-hydrogen) atoms. The Morgan fingerprint density at radius 2 is 1.10 bits per heavy atom. The zero-order valence-corrected chi connectivity index (χ0v) is 28.8. The molecular weight excluding hydrogens is 713 g/mol. The van der Waals surface area contributed by atoms with E-state index in [0.29, 0.717) is 34.2 Å². The van der Waals surface area contributed by atoms with Gasteiger partial charge in [-0.05, 0) is 65.7 Å². The number of H-pyrrole nitrogens is 1. The summed E-state index contributed by atoms with van der Waals surface area (Å²) in [5.74, 6) is -4.98. The zero-order chi connectivity index (χ0) is 36.8. The van der Waals surface area contributed by atoms with Crippen LogP contribution in [0.3, 0.4) is 0 Å². The van der Waals surface area contributed by atoms with Crippen LogP contribution in [0.2, 0.25) is 0 Å². The number of rotatable bonds is 10. The van der Waals surface area contributed by atoms with E-state index in [0.717, 1.165) is 36.8 Å². The molecule has 4 aromatic carbocycles. The molecule has 0 aliphatic rings. The van der Waals surface area contributed by atoms with Crippen LogP contribution in [-0.4, -0.2) is 38.9 Å². The maximum absolute atomic E-state index is 14.7. The number of hydrogen-bond donors (Lipinski definition) is 1. The van der Waals surface area contributed by atoms with E-state index in [4.69, 9.17) is 9.47 Å². The fraction of sp³-hybridized carbons (Fsp3) is 0.139. The quantitative estimate of drug-likeness (QED) is 0.145. The summed E-state index contributed by atoms with van der Waals surface area (Å²) in [5, 5.41) is 0.310. The number of aromatic amines is 1. The van der Waals surface area contributed by atoms with E-state index in [-0.39, 0.29) is 56.8 Å². The molecule has 2 aromatic heterocycles. The van der Waals surface area contributed by atoms with Gasteiger partial charge in [-0.2, -0.15) is 0 Å². The Labute approximate surface area is 289 Å². The number of ether oxygens (including phenoxy) is 2. The number of pyridine rings is 1. The minimum absolute atomic E-state index is 0.00352. The summed E-state index contributed by atoms with van der Waals surface area (Å²) in [7, 11) is -5.43. The number of halogens is 4. The molecule has 0 aliphatic carbocycles. The number of benzene rings is 4. The Kier molecular flexibility index (Phi) is 9.29. The maximum atomic E-state index is 14.7. The highest BCUT2D eigenvalue weighted by atomic mass is 32.2. The van der Waals surface area contributed by atoms with Crippen molar-refractivity contribution in [3.05, 3.63) is 130 Å². The third kappa shape index (κ3) is 7.99. The zero-order valence-electron chi connectivity index (χ0n) is 27.1. The number of nitrogens with zero attached hydrogens (tertiary/aromatic N) is 1. The van der Waals surface area contributed by atoms with E-state index in [2.05, 4.69) is 4.98 Å². The van der Waals surface area contributed by atoms with Gasteiger partial charge in [0.1, 0.15) is 28.7 Å². The van der Waals surface area contributed by atoms with Gasteiger partial charge in [0.2, 0.25) is 0 Å². The molecule has 0 bridgehead atoms. The normalized spacial score (nSPS) is 12.0. The van der Waals surface area contributed by atoms with Gasteiger partial charge < -0.3 is 19.0 Å². The highest BCUT2D eigenvalue weighted by Crippen LogP contribution is 2.41. The molecule has 0 spiro atoms. The molecule has 0 aliphatic heterocycles. The smallest absolute Gasteiger partial charge is 0.272 e. The monoisotopic (exact) mass is 740 g/mol. The number of fused-ring (bicyclic) bond motifs is 1. The van der Waals surface area contributed by atoms with E-state index < -0.39 is 48.5 Å². The van der Waals surface area contributed by atoms with E-state index in [9.17, 15) is 39.2 Å². The molecule has 15 heteroatoms. The van der Waals surface area contributed by atoms with Crippen molar-refractivity contribution in [2.75, 3.05) is 12.5 Å². The third-order valence-electron chi connectivity index (χ3n) is 7.73. The predicted molar refractivity (Wildman–Crippen MR) is 184 cm³/mol. The van der Waals surface area contributed by atoms with Crippen LogP contribution in [0.1, 0.15) is 11.1 Å². The first-order chi connectivity index (χ1) is 23.9. The van der Waals surface area contributed by atoms with Crippen molar-refractivity contribution in [1.82, 2.24) is 9.55 Å². The van der Waals surface area contributed by atoms with Crippen LogP contribution in [0.5, 0.6) is 23.0 Å². The number of aryl methyl sites for hydroxylation is 1. The molecule has 1 N–H and O–H groups in total. The lowest BCUT2D eigenvalue weighted by molar-refractivity contribution is 0.439. The first kappa shape index (κ1) is 35.4. The summed E-state index contributed by atoms with van der Waals surface area (Å²) < 4.78 is 119. The molecule has 264 valence electrons. The van der Waals surface area contributed by atoms with Gasteiger partial charge in [0.05, 0.1) is 17.2 Å². The SMILES string of the molecule is Cn1cc(-c2cc(CS(C)(=O)=O)ccc2Oc2ccc(F)cc2F)c2cc(-c3cc(CS(C)(=O)=O)ccc3Oc3ccc(F)cc3F)[nH]c(=O)c21. The van der Waals surface area contributed by atoms with Crippen LogP contribution in [0.25, 0.3) is 33.3 Å². The van der Waals surface area contributed by atoms with Gasteiger partial charge in [-0.3, -0.25) is 4.79 Å². The second-order valence-corrected chi connectivity index (χ2v) is 16.4. The summed E-state index contributed by atoms with van der Waals surface area (Å²) in [6, 6.07) is 15.8. The van der Waals surface area contributed by atoms with Crippen molar-refractivity contribution >= 4 is 30.6 Å². The average Bonchev–Trinajstić information content (AvgIpc) is 3.36. The predicted octanol–water partition coefficient (Wildman–Crippen LogP) is 7.43. The first-order valence-corrected chi connectivity index (χ1v) is 19.2. The highest BCUT2D eigenvalue weighted by molar-refractivity contribution is 7.90. The minimum atomic E-state index is -3.52.